The maximum Gasteiger partial charge on any atom is 0.336 e. The predicted molar refractivity (Wildman–Crippen MR) is 102 cm³/mol. The maximum atomic E-state index is 12.3. The van der Waals surface area contributed by atoms with E-state index in [0.717, 1.165) is 23.1 Å². The van der Waals surface area contributed by atoms with Gasteiger partial charge in [0.2, 0.25) is 0 Å². The van der Waals surface area contributed by atoms with Crippen LogP contribution in [0, 0.1) is 0 Å². The molecule has 1 N–H and O–H groups in total. The van der Waals surface area contributed by atoms with Crippen LogP contribution in [0.25, 0.3) is 11.0 Å². The zero-order valence-corrected chi connectivity index (χ0v) is 15.2. The van der Waals surface area contributed by atoms with Crippen LogP contribution < -0.4 is 20.4 Å². The molecule has 1 atom stereocenters. The fraction of sp³-hybridized carbons (Fsp3) is 0.238. The van der Waals surface area contributed by atoms with E-state index in [9.17, 15) is 9.59 Å². The zero-order chi connectivity index (χ0) is 19.2. The minimum absolute atomic E-state index is 0.110. The van der Waals surface area contributed by atoms with Crippen molar-refractivity contribution >= 4 is 16.9 Å². The van der Waals surface area contributed by atoms with Crippen molar-refractivity contribution in [2.24, 2.45) is 0 Å². The SMILES string of the molecule is CCC(NC(=O)COc1ccc2ccc(=O)oc2c1)c1ccc(OC)cc1. The minimum atomic E-state index is -0.428. The standard InChI is InChI=1S/C21H21NO5/c1-3-18(14-4-8-16(25-2)9-5-14)22-20(23)13-26-17-10-6-15-7-11-21(24)27-19(15)12-17/h4-12,18H,3,13H2,1-2H3,(H,22,23). The lowest BCUT2D eigenvalue weighted by Crippen LogP contribution is -2.32. The molecule has 0 bridgehead atoms. The van der Waals surface area contributed by atoms with Crippen LogP contribution in [0.2, 0.25) is 0 Å². The average molecular weight is 367 g/mol. The van der Waals surface area contributed by atoms with Crippen LogP contribution in [0.5, 0.6) is 11.5 Å². The van der Waals surface area contributed by atoms with Gasteiger partial charge in [0, 0.05) is 17.5 Å². The van der Waals surface area contributed by atoms with Crippen molar-refractivity contribution in [2.75, 3.05) is 13.7 Å². The summed E-state index contributed by atoms with van der Waals surface area (Å²) >= 11 is 0. The van der Waals surface area contributed by atoms with E-state index >= 15 is 0 Å². The van der Waals surface area contributed by atoms with E-state index in [1.165, 1.54) is 6.07 Å². The first kappa shape index (κ1) is 18.5. The highest BCUT2D eigenvalue weighted by Gasteiger charge is 2.13. The molecule has 27 heavy (non-hydrogen) atoms. The second kappa shape index (κ2) is 8.40. The lowest BCUT2D eigenvalue weighted by atomic mass is 10.0. The van der Waals surface area contributed by atoms with Gasteiger partial charge in [0.1, 0.15) is 17.1 Å². The number of methoxy groups -OCH3 is 1. The number of nitrogens with one attached hydrogen (secondary N) is 1. The minimum Gasteiger partial charge on any atom is -0.497 e. The molecule has 0 aliphatic rings. The van der Waals surface area contributed by atoms with Crippen molar-refractivity contribution in [3.05, 3.63) is 70.6 Å². The third-order valence-corrected chi connectivity index (χ3v) is 4.23. The van der Waals surface area contributed by atoms with Gasteiger partial charge in [0.15, 0.2) is 6.61 Å². The highest BCUT2D eigenvalue weighted by molar-refractivity contribution is 5.79. The van der Waals surface area contributed by atoms with Gasteiger partial charge in [0.25, 0.3) is 5.91 Å². The van der Waals surface area contributed by atoms with Gasteiger partial charge < -0.3 is 19.2 Å². The number of benzene rings is 2. The molecule has 0 saturated heterocycles. The summed E-state index contributed by atoms with van der Waals surface area (Å²) < 4.78 is 15.8. The molecule has 2 aromatic carbocycles. The Morgan fingerprint density at radius 2 is 1.78 bits per heavy atom. The van der Waals surface area contributed by atoms with Crippen LogP contribution in [0.15, 0.2) is 63.8 Å². The molecular weight excluding hydrogens is 346 g/mol. The summed E-state index contributed by atoms with van der Waals surface area (Å²) in [6, 6.07) is 15.6. The zero-order valence-electron chi connectivity index (χ0n) is 15.2. The molecule has 0 radical (unpaired) electrons. The largest absolute Gasteiger partial charge is 0.497 e. The van der Waals surface area contributed by atoms with Crippen molar-refractivity contribution in [1.29, 1.82) is 0 Å². The molecule has 0 aliphatic carbocycles. The molecule has 1 unspecified atom stereocenters. The Morgan fingerprint density at radius 3 is 2.48 bits per heavy atom. The topological polar surface area (TPSA) is 77.8 Å². The Balaban J connectivity index is 1.61. The molecule has 1 heterocycles. The number of rotatable bonds is 7. The molecule has 1 amide bonds. The molecule has 0 spiro atoms. The van der Waals surface area contributed by atoms with Gasteiger partial charge in [-0.3, -0.25) is 4.79 Å². The van der Waals surface area contributed by atoms with E-state index < -0.39 is 5.63 Å². The van der Waals surface area contributed by atoms with E-state index in [1.54, 1.807) is 31.4 Å². The summed E-state index contributed by atoms with van der Waals surface area (Å²) in [5, 5.41) is 3.75. The summed E-state index contributed by atoms with van der Waals surface area (Å²) in [5.74, 6) is 1.00. The summed E-state index contributed by atoms with van der Waals surface area (Å²) in [6.45, 7) is 1.87. The Bertz CT molecular complexity index is 978. The molecule has 0 saturated carbocycles. The molecule has 1 aromatic heterocycles. The Morgan fingerprint density at radius 1 is 1.07 bits per heavy atom. The van der Waals surface area contributed by atoms with Crippen LogP contribution in [0.1, 0.15) is 24.9 Å². The van der Waals surface area contributed by atoms with Gasteiger partial charge >= 0.3 is 5.63 Å². The van der Waals surface area contributed by atoms with Gasteiger partial charge in [-0.1, -0.05) is 19.1 Å². The molecule has 140 valence electrons. The van der Waals surface area contributed by atoms with Crippen LogP contribution >= 0.6 is 0 Å². The van der Waals surface area contributed by atoms with Gasteiger partial charge in [-0.05, 0) is 42.3 Å². The van der Waals surface area contributed by atoms with Crippen LogP contribution in [-0.2, 0) is 4.79 Å². The third kappa shape index (κ3) is 4.67. The van der Waals surface area contributed by atoms with E-state index in [0.29, 0.717) is 11.3 Å². The molecule has 3 aromatic rings. The van der Waals surface area contributed by atoms with E-state index in [-0.39, 0.29) is 18.6 Å². The normalized spacial score (nSPS) is 11.8. The first-order chi connectivity index (χ1) is 13.1. The maximum absolute atomic E-state index is 12.3. The summed E-state index contributed by atoms with van der Waals surface area (Å²) in [6.07, 6.45) is 0.749. The van der Waals surface area contributed by atoms with Gasteiger partial charge in [-0.25, -0.2) is 4.79 Å². The first-order valence-electron chi connectivity index (χ1n) is 8.69. The number of hydrogen-bond donors (Lipinski definition) is 1. The molecule has 3 rings (SSSR count). The van der Waals surface area contributed by atoms with E-state index in [4.69, 9.17) is 13.9 Å². The highest BCUT2D eigenvalue weighted by atomic mass is 16.5. The first-order valence-corrected chi connectivity index (χ1v) is 8.69. The van der Waals surface area contributed by atoms with Crippen LogP contribution in [-0.4, -0.2) is 19.6 Å². The smallest absolute Gasteiger partial charge is 0.336 e. The van der Waals surface area contributed by atoms with Crippen molar-refractivity contribution in [1.82, 2.24) is 5.32 Å². The Kier molecular flexibility index (Phi) is 5.76. The van der Waals surface area contributed by atoms with Gasteiger partial charge in [-0.2, -0.15) is 0 Å². The van der Waals surface area contributed by atoms with Gasteiger partial charge in [-0.15, -0.1) is 0 Å². The lowest BCUT2D eigenvalue weighted by molar-refractivity contribution is -0.123. The fourth-order valence-electron chi connectivity index (χ4n) is 2.77. The number of carbonyl (C=O) groups is 1. The number of fused-ring (bicyclic) bond motifs is 1. The summed E-state index contributed by atoms with van der Waals surface area (Å²) in [7, 11) is 1.61. The highest BCUT2D eigenvalue weighted by Crippen LogP contribution is 2.21. The summed E-state index contributed by atoms with van der Waals surface area (Å²) in [4.78, 5) is 23.6. The molecule has 6 nitrogen and oxygen atoms in total. The van der Waals surface area contributed by atoms with E-state index in [1.807, 2.05) is 31.2 Å². The second-order valence-electron chi connectivity index (χ2n) is 6.04. The number of ether oxygens (including phenoxy) is 2. The van der Waals surface area contributed by atoms with Crippen LogP contribution in [0.3, 0.4) is 0 Å². The number of carbonyl (C=O) groups excluding carboxylic acids is 1. The molecular formula is C21H21NO5. The number of amides is 1. The van der Waals surface area contributed by atoms with Gasteiger partial charge in [0.05, 0.1) is 13.2 Å². The quantitative estimate of drug-likeness (QED) is 0.647. The molecule has 0 aliphatic heterocycles. The predicted octanol–water partition coefficient (Wildman–Crippen LogP) is 3.45. The molecule has 0 fully saturated rings. The Hall–Kier alpha value is -3.28. The third-order valence-electron chi connectivity index (χ3n) is 4.23. The monoisotopic (exact) mass is 367 g/mol. The van der Waals surface area contributed by atoms with E-state index in [2.05, 4.69) is 5.32 Å². The average Bonchev–Trinajstić information content (AvgIpc) is 2.70. The second-order valence-corrected chi connectivity index (χ2v) is 6.04. The van der Waals surface area contributed by atoms with Crippen molar-refractivity contribution < 1.29 is 18.7 Å². The number of hydrogen-bond acceptors (Lipinski definition) is 5. The van der Waals surface area contributed by atoms with Crippen molar-refractivity contribution in [3.63, 3.8) is 0 Å². The van der Waals surface area contributed by atoms with Crippen LogP contribution in [0.4, 0.5) is 0 Å². The Labute approximate surface area is 156 Å². The van der Waals surface area contributed by atoms with Crippen molar-refractivity contribution in [2.45, 2.75) is 19.4 Å². The summed E-state index contributed by atoms with van der Waals surface area (Å²) in [5.41, 5.74) is 0.992. The lowest BCUT2D eigenvalue weighted by Gasteiger charge is -2.18. The molecule has 6 heteroatoms. The van der Waals surface area contributed by atoms with Crippen molar-refractivity contribution in [3.8, 4) is 11.5 Å². The fourth-order valence-corrected chi connectivity index (χ4v) is 2.77.